The van der Waals surface area contributed by atoms with Gasteiger partial charge in [0.1, 0.15) is 0 Å². The molecular formula is C17H8Cl3F3N2O. The van der Waals surface area contributed by atoms with Crippen molar-refractivity contribution in [3.8, 4) is 0 Å². The lowest BCUT2D eigenvalue weighted by Crippen LogP contribution is -2.15. The van der Waals surface area contributed by atoms with Crippen LogP contribution in [-0.2, 0) is 6.18 Å². The van der Waals surface area contributed by atoms with Crippen molar-refractivity contribution in [2.24, 2.45) is 0 Å². The SMILES string of the molecule is O=C(Nc1cc(C(F)(F)F)cc2c(Cl)ccnc12)c1c(Cl)cccc1Cl. The average molecular weight is 420 g/mol. The number of nitrogens with one attached hydrogen (secondary N) is 1. The molecule has 0 saturated heterocycles. The summed E-state index contributed by atoms with van der Waals surface area (Å²) in [5.41, 5.74) is -1.07. The Balaban J connectivity index is 2.15. The summed E-state index contributed by atoms with van der Waals surface area (Å²) in [6.07, 6.45) is -3.30. The fourth-order valence-corrected chi connectivity index (χ4v) is 3.15. The Labute approximate surface area is 160 Å². The van der Waals surface area contributed by atoms with Crippen LogP contribution in [0.25, 0.3) is 10.9 Å². The second kappa shape index (κ2) is 6.95. The molecule has 0 aliphatic rings. The summed E-state index contributed by atoms with van der Waals surface area (Å²) >= 11 is 17.9. The second-order valence-corrected chi connectivity index (χ2v) is 6.48. The quantitative estimate of drug-likeness (QED) is 0.517. The highest BCUT2D eigenvalue weighted by atomic mass is 35.5. The summed E-state index contributed by atoms with van der Waals surface area (Å²) < 4.78 is 39.6. The standard InChI is InChI=1S/C17H8Cl3F3N2O/c18-10-4-5-24-15-9(10)6-8(17(21,22)23)7-13(15)25-16(26)14-11(19)2-1-3-12(14)20/h1-7H,(H,25,26). The number of anilines is 1. The Kier molecular flexibility index (Phi) is 5.01. The topological polar surface area (TPSA) is 42.0 Å². The smallest absolute Gasteiger partial charge is 0.320 e. The van der Waals surface area contributed by atoms with E-state index < -0.39 is 17.6 Å². The number of nitrogens with zero attached hydrogens (tertiary/aromatic N) is 1. The molecule has 0 aliphatic carbocycles. The van der Waals surface area contributed by atoms with E-state index in [0.29, 0.717) is 0 Å². The summed E-state index contributed by atoms with van der Waals surface area (Å²) in [6, 6.07) is 7.46. The van der Waals surface area contributed by atoms with Gasteiger partial charge >= 0.3 is 6.18 Å². The summed E-state index contributed by atoms with van der Waals surface area (Å²) in [6.45, 7) is 0. The van der Waals surface area contributed by atoms with Crippen molar-refractivity contribution in [1.29, 1.82) is 0 Å². The normalized spacial score (nSPS) is 11.6. The van der Waals surface area contributed by atoms with Gasteiger partial charge in [0.25, 0.3) is 5.91 Å². The molecule has 0 bridgehead atoms. The zero-order valence-electron chi connectivity index (χ0n) is 12.7. The third kappa shape index (κ3) is 3.58. The molecule has 0 radical (unpaired) electrons. The third-order valence-corrected chi connectivity index (χ3v) is 4.52. The van der Waals surface area contributed by atoms with Gasteiger partial charge < -0.3 is 5.32 Å². The number of amides is 1. The second-order valence-electron chi connectivity index (χ2n) is 5.26. The van der Waals surface area contributed by atoms with E-state index >= 15 is 0 Å². The summed E-state index contributed by atoms with van der Waals surface area (Å²) in [5.74, 6) is -0.761. The number of carbonyl (C=O) groups excluding carboxylic acids is 1. The van der Waals surface area contributed by atoms with Crippen LogP contribution < -0.4 is 5.32 Å². The van der Waals surface area contributed by atoms with Gasteiger partial charge in [0, 0.05) is 11.6 Å². The van der Waals surface area contributed by atoms with Crippen molar-refractivity contribution >= 4 is 57.3 Å². The minimum atomic E-state index is -4.63. The largest absolute Gasteiger partial charge is 0.416 e. The molecule has 1 amide bonds. The maximum atomic E-state index is 13.2. The van der Waals surface area contributed by atoms with E-state index in [2.05, 4.69) is 10.3 Å². The number of carbonyl (C=O) groups is 1. The van der Waals surface area contributed by atoms with Crippen LogP contribution in [0.4, 0.5) is 18.9 Å². The molecule has 0 atom stereocenters. The predicted molar refractivity (Wildman–Crippen MR) is 96.2 cm³/mol. The zero-order chi connectivity index (χ0) is 19.1. The predicted octanol–water partition coefficient (Wildman–Crippen LogP) is 6.47. The van der Waals surface area contributed by atoms with Crippen LogP contribution in [0.3, 0.4) is 0 Å². The monoisotopic (exact) mass is 418 g/mol. The molecule has 1 N–H and O–H groups in total. The fourth-order valence-electron chi connectivity index (χ4n) is 2.38. The van der Waals surface area contributed by atoms with Crippen molar-refractivity contribution in [3.05, 3.63) is 68.8 Å². The molecule has 0 spiro atoms. The first-order chi connectivity index (χ1) is 12.2. The zero-order valence-corrected chi connectivity index (χ0v) is 14.9. The van der Waals surface area contributed by atoms with Gasteiger partial charge in [-0.1, -0.05) is 40.9 Å². The minimum Gasteiger partial charge on any atom is -0.320 e. The number of benzene rings is 2. The van der Waals surface area contributed by atoms with E-state index in [1.54, 1.807) is 6.07 Å². The molecule has 2 aromatic carbocycles. The van der Waals surface area contributed by atoms with Gasteiger partial charge in [0.05, 0.1) is 37.4 Å². The van der Waals surface area contributed by atoms with Crippen LogP contribution in [-0.4, -0.2) is 10.9 Å². The summed E-state index contributed by atoms with van der Waals surface area (Å²) in [7, 11) is 0. The van der Waals surface area contributed by atoms with Gasteiger partial charge in [-0.15, -0.1) is 0 Å². The highest BCUT2D eigenvalue weighted by Crippen LogP contribution is 2.37. The maximum absolute atomic E-state index is 13.2. The number of hydrogen-bond donors (Lipinski definition) is 1. The van der Waals surface area contributed by atoms with E-state index in [1.165, 1.54) is 24.4 Å². The van der Waals surface area contributed by atoms with Crippen molar-refractivity contribution in [2.45, 2.75) is 6.18 Å². The molecule has 134 valence electrons. The molecule has 3 aromatic rings. The lowest BCUT2D eigenvalue weighted by atomic mass is 10.1. The van der Waals surface area contributed by atoms with Crippen LogP contribution in [0.15, 0.2) is 42.6 Å². The van der Waals surface area contributed by atoms with Crippen molar-refractivity contribution in [2.75, 3.05) is 5.32 Å². The molecule has 0 fully saturated rings. The lowest BCUT2D eigenvalue weighted by Gasteiger charge is -2.14. The molecule has 3 nitrogen and oxygen atoms in total. The molecule has 3 rings (SSSR count). The van der Waals surface area contributed by atoms with E-state index in [4.69, 9.17) is 34.8 Å². The maximum Gasteiger partial charge on any atom is 0.416 e. The molecular weight excluding hydrogens is 412 g/mol. The number of pyridine rings is 1. The molecule has 0 aliphatic heterocycles. The Morgan fingerprint density at radius 2 is 1.65 bits per heavy atom. The fraction of sp³-hybridized carbons (Fsp3) is 0.0588. The molecule has 1 aromatic heterocycles. The number of alkyl halides is 3. The van der Waals surface area contributed by atoms with Crippen molar-refractivity contribution in [3.63, 3.8) is 0 Å². The van der Waals surface area contributed by atoms with Crippen LogP contribution in [0.1, 0.15) is 15.9 Å². The minimum absolute atomic E-state index is 0.0524. The Morgan fingerprint density at radius 1 is 1.00 bits per heavy atom. The molecule has 0 unspecified atom stereocenters. The van der Waals surface area contributed by atoms with Crippen LogP contribution in [0.5, 0.6) is 0 Å². The summed E-state index contributed by atoms with van der Waals surface area (Å²) in [4.78, 5) is 16.5. The number of rotatable bonds is 2. The highest BCUT2D eigenvalue weighted by molar-refractivity contribution is 6.40. The van der Waals surface area contributed by atoms with E-state index in [9.17, 15) is 18.0 Å². The molecule has 26 heavy (non-hydrogen) atoms. The van der Waals surface area contributed by atoms with Gasteiger partial charge in [0.2, 0.25) is 0 Å². The lowest BCUT2D eigenvalue weighted by molar-refractivity contribution is -0.137. The van der Waals surface area contributed by atoms with Crippen LogP contribution in [0.2, 0.25) is 15.1 Å². The molecule has 0 saturated carbocycles. The van der Waals surface area contributed by atoms with Crippen LogP contribution >= 0.6 is 34.8 Å². The van der Waals surface area contributed by atoms with Gasteiger partial charge in [-0.25, -0.2) is 0 Å². The Hall–Kier alpha value is -2.02. The Morgan fingerprint density at radius 3 is 2.27 bits per heavy atom. The highest BCUT2D eigenvalue weighted by Gasteiger charge is 2.32. The first kappa shape index (κ1) is 18.8. The average Bonchev–Trinajstić information content (AvgIpc) is 2.54. The number of hydrogen-bond acceptors (Lipinski definition) is 2. The first-order valence-electron chi connectivity index (χ1n) is 7.09. The van der Waals surface area contributed by atoms with E-state index in [-0.39, 0.29) is 37.2 Å². The van der Waals surface area contributed by atoms with E-state index in [0.717, 1.165) is 12.1 Å². The number of fused-ring (bicyclic) bond motifs is 1. The third-order valence-electron chi connectivity index (χ3n) is 3.56. The van der Waals surface area contributed by atoms with E-state index in [1.807, 2.05) is 0 Å². The molecule has 1 heterocycles. The van der Waals surface area contributed by atoms with Gasteiger partial charge in [-0.3, -0.25) is 9.78 Å². The van der Waals surface area contributed by atoms with Gasteiger partial charge in [-0.05, 0) is 30.3 Å². The Bertz CT molecular complexity index is 1000. The van der Waals surface area contributed by atoms with Gasteiger partial charge in [-0.2, -0.15) is 13.2 Å². The van der Waals surface area contributed by atoms with Crippen molar-refractivity contribution in [1.82, 2.24) is 4.98 Å². The first-order valence-corrected chi connectivity index (χ1v) is 8.22. The van der Waals surface area contributed by atoms with Crippen LogP contribution in [0, 0.1) is 0 Å². The summed E-state index contributed by atoms with van der Waals surface area (Å²) in [5, 5.41) is 2.66. The van der Waals surface area contributed by atoms with Gasteiger partial charge in [0.15, 0.2) is 0 Å². The number of aromatic nitrogens is 1. The van der Waals surface area contributed by atoms with Crippen molar-refractivity contribution < 1.29 is 18.0 Å². The molecule has 9 heteroatoms. The number of halogens is 6.